The van der Waals surface area contributed by atoms with Crippen molar-refractivity contribution in [3.63, 3.8) is 0 Å². The summed E-state index contributed by atoms with van der Waals surface area (Å²) < 4.78 is 0. The Labute approximate surface area is 92.1 Å². The lowest BCUT2D eigenvalue weighted by Gasteiger charge is -2.41. The van der Waals surface area contributed by atoms with Crippen molar-refractivity contribution in [2.75, 3.05) is 39.3 Å². The fourth-order valence-corrected chi connectivity index (χ4v) is 2.40. The second-order valence-electron chi connectivity index (χ2n) is 4.39. The Morgan fingerprint density at radius 1 is 1.33 bits per heavy atom. The van der Waals surface area contributed by atoms with E-state index in [1.54, 1.807) is 0 Å². The van der Waals surface area contributed by atoms with E-state index < -0.39 is 0 Å². The molecular formula is C11H22N4. The van der Waals surface area contributed by atoms with Gasteiger partial charge in [0.05, 0.1) is 0 Å². The summed E-state index contributed by atoms with van der Waals surface area (Å²) in [7, 11) is 0. The fraction of sp³-hybridized carbons (Fsp3) is 0.818. The minimum atomic E-state index is 0.239. The van der Waals surface area contributed by atoms with E-state index in [-0.39, 0.29) is 6.04 Å². The molecule has 2 atom stereocenters. The van der Waals surface area contributed by atoms with Crippen molar-refractivity contribution in [2.45, 2.75) is 19.0 Å². The van der Waals surface area contributed by atoms with Crippen LogP contribution in [0.4, 0.5) is 0 Å². The van der Waals surface area contributed by atoms with Crippen molar-refractivity contribution in [3.8, 4) is 0 Å². The molecule has 0 aromatic rings. The Kier molecular flexibility index (Phi) is 3.61. The number of hydrogen-bond donors (Lipinski definition) is 2. The van der Waals surface area contributed by atoms with Crippen LogP contribution in [0.3, 0.4) is 0 Å². The van der Waals surface area contributed by atoms with Crippen molar-refractivity contribution < 1.29 is 0 Å². The molecule has 0 bridgehead atoms. The van der Waals surface area contributed by atoms with Crippen LogP contribution in [-0.2, 0) is 0 Å². The molecule has 15 heavy (non-hydrogen) atoms. The molecular weight excluding hydrogens is 188 g/mol. The van der Waals surface area contributed by atoms with E-state index in [0.29, 0.717) is 6.04 Å². The number of likely N-dealkylation sites (N-methyl/N-ethyl adjacent to an activating group) is 1. The van der Waals surface area contributed by atoms with Gasteiger partial charge < -0.3 is 16.0 Å². The Morgan fingerprint density at radius 2 is 2.07 bits per heavy atom. The van der Waals surface area contributed by atoms with Gasteiger partial charge in [-0.15, -0.1) is 0 Å². The summed E-state index contributed by atoms with van der Waals surface area (Å²) >= 11 is 0. The molecule has 2 unspecified atom stereocenters. The summed E-state index contributed by atoms with van der Waals surface area (Å²) in [5.74, 6) is 0. The van der Waals surface area contributed by atoms with E-state index in [1.165, 1.54) is 19.6 Å². The number of rotatable bonds is 2. The molecule has 0 radical (unpaired) electrons. The highest BCUT2D eigenvalue weighted by Crippen LogP contribution is 2.11. The Balaban J connectivity index is 1.89. The molecule has 0 spiro atoms. The van der Waals surface area contributed by atoms with Crippen molar-refractivity contribution in [2.24, 2.45) is 5.73 Å². The normalized spacial score (nSPS) is 34.0. The van der Waals surface area contributed by atoms with Crippen LogP contribution >= 0.6 is 0 Å². The number of piperazine rings is 1. The third-order valence-corrected chi connectivity index (χ3v) is 3.48. The van der Waals surface area contributed by atoms with Gasteiger partial charge in [-0.1, -0.05) is 13.0 Å². The zero-order valence-corrected chi connectivity index (χ0v) is 9.52. The van der Waals surface area contributed by atoms with Gasteiger partial charge in [-0.2, -0.15) is 0 Å². The van der Waals surface area contributed by atoms with E-state index >= 15 is 0 Å². The number of hydrogen-bond acceptors (Lipinski definition) is 4. The van der Waals surface area contributed by atoms with Gasteiger partial charge in [-0.05, 0) is 12.7 Å². The first-order valence-electron chi connectivity index (χ1n) is 5.93. The Bertz CT molecular complexity index is 221. The summed E-state index contributed by atoms with van der Waals surface area (Å²) in [5, 5.41) is 3.18. The molecule has 86 valence electrons. The topological polar surface area (TPSA) is 44.5 Å². The lowest BCUT2D eigenvalue weighted by molar-refractivity contribution is 0.104. The highest BCUT2D eigenvalue weighted by atomic mass is 15.3. The van der Waals surface area contributed by atoms with Crippen LogP contribution in [0.2, 0.25) is 0 Å². The van der Waals surface area contributed by atoms with Crippen molar-refractivity contribution in [1.82, 2.24) is 15.1 Å². The van der Waals surface area contributed by atoms with Crippen LogP contribution in [0.25, 0.3) is 0 Å². The van der Waals surface area contributed by atoms with E-state index in [4.69, 9.17) is 5.73 Å². The smallest absolute Gasteiger partial charge is 0.0464 e. The van der Waals surface area contributed by atoms with Gasteiger partial charge in [0.15, 0.2) is 0 Å². The molecule has 0 aliphatic carbocycles. The van der Waals surface area contributed by atoms with Crippen LogP contribution in [-0.4, -0.2) is 61.2 Å². The molecule has 2 aliphatic rings. The maximum absolute atomic E-state index is 6.11. The quantitative estimate of drug-likeness (QED) is 0.641. The first-order chi connectivity index (χ1) is 7.31. The molecule has 4 heteroatoms. The predicted molar refractivity (Wildman–Crippen MR) is 62.6 cm³/mol. The standard InChI is InChI=1S/C11H22N4/c1-2-14-5-7-15(8-6-14)11-3-4-13-9-10(11)12/h3-4,10-11,13H,2,5-9,12H2,1H3. The first kappa shape index (κ1) is 10.9. The van der Waals surface area contributed by atoms with Crippen LogP contribution in [0, 0.1) is 0 Å². The van der Waals surface area contributed by atoms with Crippen molar-refractivity contribution in [1.29, 1.82) is 0 Å². The van der Waals surface area contributed by atoms with Gasteiger partial charge in [0, 0.05) is 44.8 Å². The fourth-order valence-electron chi connectivity index (χ4n) is 2.40. The molecule has 2 rings (SSSR count). The number of nitrogens with zero attached hydrogens (tertiary/aromatic N) is 2. The third kappa shape index (κ3) is 2.51. The lowest BCUT2D eigenvalue weighted by Crippen LogP contribution is -2.58. The average molecular weight is 210 g/mol. The molecule has 1 saturated heterocycles. The zero-order valence-electron chi connectivity index (χ0n) is 9.52. The van der Waals surface area contributed by atoms with Crippen molar-refractivity contribution >= 4 is 0 Å². The second-order valence-corrected chi connectivity index (χ2v) is 4.39. The molecule has 0 aromatic heterocycles. The van der Waals surface area contributed by atoms with Gasteiger partial charge in [0.1, 0.15) is 0 Å². The van der Waals surface area contributed by atoms with Gasteiger partial charge in [-0.3, -0.25) is 4.90 Å². The largest absolute Gasteiger partial charge is 0.389 e. The summed E-state index contributed by atoms with van der Waals surface area (Å²) in [5.41, 5.74) is 6.11. The average Bonchev–Trinajstić information content (AvgIpc) is 2.30. The first-order valence-corrected chi connectivity index (χ1v) is 5.93. The van der Waals surface area contributed by atoms with Gasteiger partial charge in [0.2, 0.25) is 0 Å². The molecule has 0 amide bonds. The summed E-state index contributed by atoms with van der Waals surface area (Å²) in [4.78, 5) is 5.00. The van der Waals surface area contributed by atoms with Crippen LogP contribution in [0.1, 0.15) is 6.92 Å². The highest BCUT2D eigenvalue weighted by molar-refractivity contribution is 5.05. The van der Waals surface area contributed by atoms with Gasteiger partial charge in [0.25, 0.3) is 0 Å². The molecule has 2 heterocycles. The molecule has 0 aromatic carbocycles. The minimum Gasteiger partial charge on any atom is -0.389 e. The highest BCUT2D eigenvalue weighted by Gasteiger charge is 2.27. The van der Waals surface area contributed by atoms with Crippen LogP contribution in [0.5, 0.6) is 0 Å². The van der Waals surface area contributed by atoms with Crippen molar-refractivity contribution in [3.05, 3.63) is 12.3 Å². The van der Waals surface area contributed by atoms with E-state index in [2.05, 4.69) is 28.1 Å². The number of nitrogens with one attached hydrogen (secondary N) is 1. The Morgan fingerprint density at radius 3 is 2.67 bits per heavy atom. The molecule has 3 N–H and O–H groups in total. The zero-order chi connectivity index (χ0) is 10.7. The maximum Gasteiger partial charge on any atom is 0.0464 e. The molecule has 2 aliphatic heterocycles. The lowest BCUT2D eigenvalue weighted by atomic mass is 10.0. The van der Waals surface area contributed by atoms with Crippen LogP contribution in [0.15, 0.2) is 12.3 Å². The second kappa shape index (κ2) is 4.96. The summed E-state index contributed by atoms with van der Waals surface area (Å²) in [6.45, 7) is 8.96. The van der Waals surface area contributed by atoms with E-state index in [9.17, 15) is 0 Å². The summed E-state index contributed by atoms with van der Waals surface area (Å²) in [6, 6.07) is 0.674. The Hall–Kier alpha value is -0.580. The number of nitrogens with two attached hydrogens (primary N) is 1. The van der Waals surface area contributed by atoms with Gasteiger partial charge in [-0.25, -0.2) is 0 Å². The van der Waals surface area contributed by atoms with Crippen LogP contribution < -0.4 is 11.1 Å². The summed E-state index contributed by atoms with van der Waals surface area (Å²) in [6.07, 6.45) is 4.25. The van der Waals surface area contributed by atoms with Gasteiger partial charge >= 0.3 is 0 Å². The predicted octanol–water partition coefficient (Wildman–Crippen LogP) is -0.563. The monoisotopic (exact) mass is 210 g/mol. The maximum atomic E-state index is 6.11. The molecule has 4 nitrogen and oxygen atoms in total. The minimum absolute atomic E-state index is 0.239. The third-order valence-electron chi connectivity index (χ3n) is 3.48. The molecule has 0 saturated carbocycles. The van der Waals surface area contributed by atoms with E-state index in [0.717, 1.165) is 19.6 Å². The SMILES string of the molecule is CCN1CCN(C2C=CNCC2N)CC1. The molecule has 1 fully saturated rings. The van der Waals surface area contributed by atoms with E-state index in [1.807, 2.05) is 6.20 Å².